The van der Waals surface area contributed by atoms with Gasteiger partial charge >= 0.3 is 0 Å². The number of hydrogen-bond acceptors (Lipinski definition) is 1. The van der Waals surface area contributed by atoms with Crippen molar-refractivity contribution < 1.29 is 0 Å². The van der Waals surface area contributed by atoms with Crippen molar-refractivity contribution in [1.82, 2.24) is 5.32 Å². The Bertz CT molecular complexity index is 601. The zero-order valence-corrected chi connectivity index (χ0v) is 15.8. The predicted octanol–water partition coefficient (Wildman–Crippen LogP) is 6.15. The minimum Gasteiger partial charge on any atom is -0.310 e. The summed E-state index contributed by atoms with van der Waals surface area (Å²) in [7, 11) is 0. The summed E-state index contributed by atoms with van der Waals surface area (Å²) in [5.41, 5.74) is 2.55. The van der Waals surface area contributed by atoms with Crippen molar-refractivity contribution in [2.75, 3.05) is 6.54 Å². The standard InChI is InChI=1S/C17H18Br2ClN/c1-2-8-21-17(10-12-4-3-5-13(18)9-12)15-7-6-14(20)11-16(15)19/h3-7,9,11,17,21H,2,8,10H2,1H3. The van der Waals surface area contributed by atoms with Crippen LogP contribution in [0.5, 0.6) is 0 Å². The van der Waals surface area contributed by atoms with Crippen molar-refractivity contribution in [3.8, 4) is 0 Å². The average molecular weight is 432 g/mol. The molecule has 0 aliphatic rings. The molecule has 4 heteroatoms. The lowest BCUT2D eigenvalue weighted by Crippen LogP contribution is -2.24. The molecule has 2 aromatic rings. The highest BCUT2D eigenvalue weighted by Gasteiger charge is 2.15. The van der Waals surface area contributed by atoms with E-state index < -0.39 is 0 Å². The van der Waals surface area contributed by atoms with Crippen LogP contribution in [0.2, 0.25) is 5.02 Å². The van der Waals surface area contributed by atoms with Gasteiger partial charge in [0.25, 0.3) is 0 Å². The summed E-state index contributed by atoms with van der Waals surface area (Å²) in [5, 5.41) is 4.38. The summed E-state index contributed by atoms with van der Waals surface area (Å²) in [6, 6.07) is 14.7. The van der Waals surface area contributed by atoms with E-state index in [0.717, 1.165) is 33.4 Å². The molecule has 0 aromatic heterocycles. The van der Waals surface area contributed by atoms with Gasteiger partial charge in [-0.2, -0.15) is 0 Å². The van der Waals surface area contributed by atoms with Gasteiger partial charge in [-0.05, 0) is 54.8 Å². The molecule has 2 rings (SSSR count). The molecule has 0 bridgehead atoms. The van der Waals surface area contributed by atoms with Crippen molar-refractivity contribution in [3.05, 3.63) is 67.6 Å². The normalized spacial score (nSPS) is 12.4. The van der Waals surface area contributed by atoms with Gasteiger partial charge in [-0.15, -0.1) is 0 Å². The molecule has 0 spiro atoms. The Hall–Kier alpha value is -0.350. The van der Waals surface area contributed by atoms with E-state index in [1.54, 1.807) is 0 Å². The molecule has 1 N–H and O–H groups in total. The lowest BCUT2D eigenvalue weighted by atomic mass is 9.98. The topological polar surface area (TPSA) is 12.0 Å². The summed E-state index contributed by atoms with van der Waals surface area (Å²) in [6.45, 7) is 3.17. The Morgan fingerprint density at radius 3 is 2.62 bits per heavy atom. The van der Waals surface area contributed by atoms with E-state index >= 15 is 0 Å². The molecule has 0 saturated carbocycles. The van der Waals surface area contributed by atoms with Crippen LogP contribution in [0, 0.1) is 0 Å². The molecule has 0 fully saturated rings. The highest BCUT2D eigenvalue weighted by atomic mass is 79.9. The summed E-state index contributed by atoms with van der Waals surface area (Å²) >= 11 is 13.2. The van der Waals surface area contributed by atoms with E-state index in [4.69, 9.17) is 11.6 Å². The van der Waals surface area contributed by atoms with Crippen LogP contribution >= 0.6 is 43.5 Å². The fourth-order valence-corrected chi connectivity index (χ4v) is 3.70. The molecule has 0 aliphatic heterocycles. The van der Waals surface area contributed by atoms with E-state index in [1.807, 2.05) is 12.1 Å². The molecule has 21 heavy (non-hydrogen) atoms. The van der Waals surface area contributed by atoms with Crippen LogP contribution in [0.3, 0.4) is 0 Å². The lowest BCUT2D eigenvalue weighted by Gasteiger charge is -2.21. The molecule has 1 unspecified atom stereocenters. The minimum atomic E-state index is 0.269. The van der Waals surface area contributed by atoms with E-state index in [-0.39, 0.29) is 6.04 Å². The molecule has 0 radical (unpaired) electrons. The van der Waals surface area contributed by atoms with Crippen LogP contribution < -0.4 is 5.32 Å². The fraction of sp³-hybridized carbons (Fsp3) is 0.294. The van der Waals surface area contributed by atoms with Crippen molar-refractivity contribution >= 4 is 43.5 Å². The average Bonchev–Trinajstić information content (AvgIpc) is 2.44. The van der Waals surface area contributed by atoms with Gasteiger partial charge in [0.1, 0.15) is 0 Å². The zero-order valence-electron chi connectivity index (χ0n) is 11.9. The van der Waals surface area contributed by atoms with E-state index in [0.29, 0.717) is 0 Å². The van der Waals surface area contributed by atoms with Crippen LogP contribution in [0.4, 0.5) is 0 Å². The summed E-state index contributed by atoms with van der Waals surface area (Å²) in [4.78, 5) is 0. The maximum Gasteiger partial charge on any atom is 0.0417 e. The number of nitrogens with one attached hydrogen (secondary N) is 1. The lowest BCUT2D eigenvalue weighted by molar-refractivity contribution is 0.527. The van der Waals surface area contributed by atoms with Gasteiger partial charge in [-0.25, -0.2) is 0 Å². The Kier molecular flexibility index (Phi) is 6.74. The van der Waals surface area contributed by atoms with Gasteiger partial charge < -0.3 is 5.32 Å². The number of benzene rings is 2. The van der Waals surface area contributed by atoms with Crippen LogP contribution in [0.25, 0.3) is 0 Å². The maximum atomic E-state index is 6.05. The zero-order chi connectivity index (χ0) is 15.2. The van der Waals surface area contributed by atoms with E-state index in [1.165, 1.54) is 11.1 Å². The van der Waals surface area contributed by atoms with Gasteiger partial charge in [0, 0.05) is 20.0 Å². The largest absolute Gasteiger partial charge is 0.310 e. The first-order valence-electron chi connectivity index (χ1n) is 7.03. The van der Waals surface area contributed by atoms with E-state index in [2.05, 4.69) is 74.4 Å². The summed E-state index contributed by atoms with van der Waals surface area (Å²) in [6.07, 6.45) is 2.06. The first-order valence-corrected chi connectivity index (χ1v) is 8.99. The highest BCUT2D eigenvalue weighted by molar-refractivity contribution is 9.10. The number of hydrogen-bond donors (Lipinski definition) is 1. The predicted molar refractivity (Wildman–Crippen MR) is 98.0 cm³/mol. The van der Waals surface area contributed by atoms with Crippen LogP contribution in [-0.4, -0.2) is 6.54 Å². The monoisotopic (exact) mass is 429 g/mol. The number of rotatable bonds is 6. The Morgan fingerprint density at radius 2 is 1.95 bits per heavy atom. The minimum absolute atomic E-state index is 0.269. The third kappa shape index (κ3) is 5.10. The molecule has 0 aliphatic carbocycles. The SMILES string of the molecule is CCCNC(Cc1cccc(Br)c1)c1ccc(Cl)cc1Br. The fourth-order valence-electron chi connectivity index (χ4n) is 2.29. The molecule has 0 amide bonds. The first-order chi connectivity index (χ1) is 10.1. The van der Waals surface area contributed by atoms with Crippen molar-refractivity contribution in [1.29, 1.82) is 0 Å². The van der Waals surface area contributed by atoms with Crippen molar-refractivity contribution in [2.45, 2.75) is 25.8 Å². The maximum absolute atomic E-state index is 6.05. The van der Waals surface area contributed by atoms with Gasteiger partial charge in [0.2, 0.25) is 0 Å². The molecular weight excluding hydrogens is 413 g/mol. The second-order valence-corrected chi connectivity index (χ2v) is 7.21. The van der Waals surface area contributed by atoms with Crippen molar-refractivity contribution in [3.63, 3.8) is 0 Å². The Balaban J connectivity index is 2.25. The molecule has 112 valence electrons. The van der Waals surface area contributed by atoms with Gasteiger partial charge in [0.05, 0.1) is 0 Å². The third-order valence-corrected chi connectivity index (χ3v) is 4.72. The Labute approximate surface area is 148 Å². The highest BCUT2D eigenvalue weighted by Crippen LogP contribution is 2.29. The first kappa shape index (κ1) is 17.0. The molecule has 1 nitrogen and oxygen atoms in total. The van der Waals surface area contributed by atoms with Gasteiger partial charge in [-0.1, -0.05) is 68.6 Å². The Morgan fingerprint density at radius 1 is 1.14 bits per heavy atom. The molecule has 1 atom stereocenters. The molecular formula is C17H18Br2ClN. The second kappa shape index (κ2) is 8.33. The quantitative estimate of drug-likeness (QED) is 0.579. The van der Waals surface area contributed by atoms with Crippen molar-refractivity contribution in [2.24, 2.45) is 0 Å². The number of halogens is 3. The second-order valence-electron chi connectivity index (χ2n) is 5.01. The van der Waals surface area contributed by atoms with Crippen LogP contribution in [0.15, 0.2) is 51.4 Å². The van der Waals surface area contributed by atoms with E-state index in [9.17, 15) is 0 Å². The molecule has 0 heterocycles. The van der Waals surface area contributed by atoms with Crippen LogP contribution in [-0.2, 0) is 6.42 Å². The summed E-state index contributed by atoms with van der Waals surface area (Å²) in [5.74, 6) is 0. The molecule has 2 aromatic carbocycles. The smallest absolute Gasteiger partial charge is 0.0417 e. The van der Waals surface area contributed by atoms with Gasteiger partial charge in [-0.3, -0.25) is 0 Å². The summed E-state index contributed by atoms with van der Waals surface area (Å²) < 4.78 is 2.17. The van der Waals surface area contributed by atoms with Gasteiger partial charge in [0.15, 0.2) is 0 Å². The molecule has 0 saturated heterocycles. The van der Waals surface area contributed by atoms with Crippen LogP contribution in [0.1, 0.15) is 30.5 Å². The third-order valence-electron chi connectivity index (χ3n) is 3.31.